The van der Waals surface area contributed by atoms with Crippen molar-refractivity contribution in [3.63, 3.8) is 0 Å². The Hall–Kier alpha value is -1.16. The van der Waals surface area contributed by atoms with Crippen molar-refractivity contribution in [3.8, 4) is 11.1 Å². The number of halogens is 3. The van der Waals surface area contributed by atoms with E-state index in [0.29, 0.717) is 25.4 Å². The first-order valence-corrected chi connectivity index (χ1v) is 15.8. The molecule has 0 aliphatic rings. The molecule has 0 spiro atoms. The second kappa shape index (κ2) is 11.5. The quantitative estimate of drug-likeness (QED) is 0.165. The fraction of sp³-hybridized carbons (Fsp3) is 0.591. The van der Waals surface area contributed by atoms with Gasteiger partial charge in [-0.2, -0.15) is 5.10 Å². The van der Waals surface area contributed by atoms with Crippen LogP contribution in [0, 0.1) is 13.8 Å². The van der Waals surface area contributed by atoms with Gasteiger partial charge in [0.1, 0.15) is 22.5 Å². The summed E-state index contributed by atoms with van der Waals surface area (Å²) in [6, 6.07) is 4.61. The molecule has 11 heteroatoms. The van der Waals surface area contributed by atoms with Gasteiger partial charge in [-0.15, -0.1) is 23.2 Å². The third-order valence-electron chi connectivity index (χ3n) is 5.35. The van der Waals surface area contributed by atoms with Crippen LogP contribution in [0.4, 0.5) is 5.82 Å². The monoisotopic (exact) mass is 533 g/mol. The summed E-state index contributed by atoms with van der Waals surface area (Å²) < 4.78 is 7.69. The number of nitrogens with one attached hydrogen (secondary N) is 1. The summed E-state index contributed by atoms with van der Waals surface area (Å²) in [5.41, 5.74) is 8.38. The highest BCUT2D eigenvalue weighted by molar-refractivity contribution is 6.76. The van der Waals surface area contributed by atoms with E-state index in [2.05, 4.69) is 35.0 Å². The van der Waals surface area contributed by atoms with Gasteiger partial charge in [0.2, 0.25) is 5.91 Å². The van der Waals surface area contributed by atoms with Gasteiger partial charge in [-0.05, 0) is 51.8 Å². The number of pyridine rings is 1. The van der Waals surface area contributed by atoms with Gasteiger partial charge in [0, 0.05) is 31.5 Å². The van der Waals surface area contributed by atoms with Crippen LogP contribution in [0.1, 0.15) is 31.2 Å². The molecule has 2 aromatic rings. The van der Waals surface area contributed by atoms with Gasteiger partial charge in [0.25, 0.3) is 0 Å². The van der Waals surface area contributed by atoms with Crippen molar-refractivity contribution in [2.75, 3.05) is 11.9 Å². The Morgan fingerprint density at radius 2 is 1.97 bits per heavy atom. The van der Waals surface area contributed by atoms with Crippen molar-refractivity contribution >= 4 is 54.6 Å². The Morgan fingerprint density at radius 1 is 1.30 bits per heavy atom. The standard InChI is InChI=1S/C22H34Cl3N5O2Si/c1-14-19(15(2)30(29-14)13-32-11-12-33(4,5)6)16-7-8-18(27-20(16)25)28-21(31)22(3,26)10-9-17(23)24/h7-8,17H,9-13,26H2,1-6H3,(H,27,28,31)/t22-/m0/s1. The van der Waals surface area contributed by atoms with Crippen molar-refractivity contribution in [2.45, 2.75) is 76.4 Å². The second-order valence-electron chi connectivity index (χ2n) is 9.73. The van der Waals surface area contributed by atoms with E-state index in [-0.39, 0.29) is 11.1 Å². The number of anilines is 1. The van der Waals surface area contributed by atoms with Crippen LogP contribution in [0.3, 0.4) is 0 Å². The molecule has 1 atom stereocenters. The highest BCUT2D eigenvalue weighted by Crippen LogP contribution is 2.33. The van der Waals surface area contributed by atoms with E-state index >= 15 is 0 Å². The van der Waals surface area contributed by atoms with Crippen molar-refractivity contribution in [1.29, 1.82) is 0 Å². The van der Waals surface area contributed by atoms with Crippen LogP contribution < -0.4 is 11.1 Å². The van der Waals surface area contributed by atoms with E-state index in [1.807, 2.05) is 24.6 Å². The van der Waals surface area contributed by atoms with Crippen molar-refractivity contribution in [1.82, 2.24) is 14.8 Å². The molecule has 2 heterocycles. The van der Waals surface area contributed by atoms with Crippen molar-refractivity contribution in [2.24, 2.45) is 5.73 Å². The smallest absolute Gasteiger partial charge is 0.245 e. The highest BCUT2D eigenvalue weighted by atomic mass is 35.5. The zero-order chi connectivity index (χ0) is 25.0. The molecule has 0 saturated carbocycles. The summed E-state index contributed by atoms with van der Waals surface area (Å²) >= 11 is 18.0. The minimum absolute atomic E-state index is 0.263. The van der Waals surface area contributed by atoms with Crippen LogP contribution in [0.2, 0.25) is 30.8 Å². The number of aryl methyl sites for hydroxylation is 1. The molecule has 2 rings (SSSR count). The minimum Gasteiger partial charge on any atom is -0.360 e. The molecule has 0 aromatic carbocycles. The molecule has 0 fully saturated rings. The number of hydrogen-bond acceptors (Lipinski definition) is 5. The highest BCUT2D eigenvalue weighted by Gasteiger charge is 2.29. The molecule has 0 bridgehead atoms. The summed E-state index contributed by atoms with van der Waals surface area (Å²) in [5, 5.41) is 7.59. The normalized spacial score (nSPS) is 13.9. The molecule has 184 valence electrons. The Bertz CT molecular complexity index is 974. The number of ether oxygens (including phenoxy) is 1. The lowest BCUT2D eigenvalue weighted by Crippen LogP contribution is -2.48. The number of nitrogens with two attached hydrogens (primary N) is 1. The van der Waals surface area contributed by atoms with Crippen LogP contribution in [0.15, 0.2) is 12.1 Å². The summed E-state index contributed by atoms with van der Waals surface area (Å²) in [6.07, 6.45) is 0.737. The van der Waals surface area contributed by atoms with Crippen molar-refractivity contribution < 1.29 is 9.53 Å². The molecule has 0 aliphatic carbocycles. The topological polar surface area (TPSA) is 95.1 Å². The molecule has 7 nitrogen and oxygen atoms in total. The maximum absolute atomic E-state index is 12.6. The predicted octanol–water partition coefficient (Wildman–Crippen LogP) is 5.77. The molecule has 3 N–H and O–H groups in total. The van der Waals surface area contributed by atoms with Crippen LogP contribution in [0.5, 0.6) is 0 Å². The number of aromatic nitrogens is 3. The SMILES string of the molecule is Cc1nn(COCC[Si](C)(C)C)c(C)c1-c1ccc(NC(=O)[C@@](C)(N)CCC(Cl)Cl)nc1Cl. The van der Waals surface area contributed by atoms with Gasteiger partial charge >= 0.3 is 0 Å². The van der Waals surface area contributed by atoms with Gasteiger partial charge in [-0.25, -0.2) is 9.67 Å². The van der Waals surface area contributed by atoms with Gasteiger partial charge < -0.3 is 15.8 Å². The number of nitrogens with zero attached hydrogens (tertiary/aromatic N) is 3. The molecule has 0 aliphatic heterocycles. The van der Waals surface area contributed by atoms with E-state index < -0.39 is 18.4 Å². The average molecular weight is 535 g/mol. The Kier molecular flexibility index (Phi) is 9.79. The zero-order valence-corrected chi connectivity index (χ0v) is 23.4. The zero-order valence-electron chi connectivity index (χ0n) is 20.1. The summed E-state index contributed by atoms with van der Waals surface area (Å²) in [5.74, 6) is -0.0699. The fourth-order valence-corrected chi connectivity index (χ4v) is 4.44. The van der Waals surface area contributed by atoms with Crippen molar-refractivity contribution in [3.05, 3.63) is 28.7 Å². The molecule has 33 heavy (non-hydrogen) atoms. The van der Waals surface area contributed by atoms with E-state index in [1.165, 1.54) is 0 Å². The molecule has 1 amide bonds. The fourth-order valence-electron chi connectivity index (χ4n) is 3.21. The predicted molar refractivity (Wildman–Crippen MR) is 140 cm³/mol. The number of rotatable bonds is 11. The van der Waals surface area contributed by atoms with Crippen LogP contribution in [0.25, 0.3) is 11.1 Å². The Balaban J connectivity index is 2.13. The summed E-state index contributed by atoms with van der Waals surface area (Å²) in [6.45, 7) is 13.6. The third-order valence-corrected chi connectivity index (χ3v) is 7.78. The largest absolute Gasteiger partial charge is 0.360 e. The van der Waals surface area contributed by atoms with Crippen LogP contribution in [-0.2, 0) is 16.3 Å². The number of amides is 1. The van der Waals surface area contributed by atoms with E-state index in [0.717, 1.165) is 35.2 Å². The maximum Gasteiger partial charge on any atom is 0.245 e. The average Bonchev–Trinajstić information content (AvgIpc) is 2.97. The number of carbonyl (C=O) groups is 1. The van der Waals surface area contributed by atoms with E-state index in [9.17, 15) is 4.79 Å². The first kappa shape index (κ1) is 28.1. The number of alkyl halides is 2. The van der Waals surface area contributed by atoms with E-state index in [1.54, 1.807) is 13.0 Å². The summed E-state index contributed by atoms with van der Waals surface area (Å²) in [7, 11) is -1.14. The maximum atomic E-state index is 12.6. The first-order chi connectivity index (χ1) is 15.2. The Labute approximate surface area is 212 Å². The van der Waals surface area contributed by atoms with Crippen LogP contribution in [-0.4, -0.2) is 45.7 Å². The number of hydrogen-bond donors (Lipinski definition) is 2. The molecule has 0 saturated heterocycles. The lowest BCUT2D eigenvalue weighted by atomic mass is 9.96. The molecular weight excluding hydrogens is 501 g/mol. The molecule has 0 radical (unpaired) electrons. The van der Waals surface area contributed by atoms with E-state index in [4.69, 9.17) is 45.3 Å². The minimum atomic E-state index is -1.14. The Morgan fingerprint density at radius 3 is 2.55 bits per heavy atom. The summed E-state index contributed by atoms with van der Waals surface area (Å²) in [4.78, 5) is 16.4. The van der Waals surface area contributed by atoms with Gasteiger partial charge in [-0.3, -0.25) is 4.79 Å². The molecule has 0 unspecified atom stereocenters. The lowest BCUT2D eigenvalue weighted by Gasteiger charge is -2.23. The van der Waals surface area contributed by atoms with Gasteiger partial charge in [0.05, 0.1) is 11.2 Å². The van der Waals surface area contributed by atoms with Crippen LogP contribution >= 0.6 is 34.8 Å². The molecular formula is C22H34Cl3N5O2Si. The first-order valence-electron chi connectivity index (χ1n) is 10.9. The van der Waals surface area contributed by atoms with Gasteiger partial charge in [-0.1, -0.05) is 31.2 Å². The molecule has 2 aromatic heterocycles. The second-order valence-corrected chi connectivity index (χ2v) is 17.0. The number of carbonyl (C=O) groups excluding carboxylic acids is 1. The lowest BCUT2D eigenvalue weighted by molar-refractivity contribution is -0.120. The third kappa shape index (κ3) is 8.22. The van der Waals surface area contributed by atoms with Gasteiger partial charge in [0.15, 0.2) is 0 Å².